The zero-order chi connectivity index (χ0) is 7.35. The van der Waals surface area contributed by atoms with Crippen LogP contribution < -0.4 is 5.73 Å². The summed E-state index contributed by atoms with van der Waals surface area (Å²) >= 11 is 0. The Hall–Kier alpha value is -0.530. The van der Waals surface area contributed by atoms with Gasteiger partial charge in [-0.25, -0.2) is 0 Å². The summed E-state index contributed by atoms with van der Waals surface area (Å²) in [6, 6.07) is 0. The molecule has 2 saturated carbocycles. The summed E-state index contributed by atoms with van der Waals surface area (Å²) in [5, 5.41) is 0. The molecule has 0 aromatic carbocycles. The lowest BCUT2D eigenvalue weighted by molar-refractivity contribution is -0.123. The van der Waals surface area contributed by atoms with E-state index < -0.39 is 0 Å². The van der Waals surface area contributed by atoms with Crippen LogP contribution in [0.2, 0.25) is 0 Å². The number of primary amides is 1. The maximum Gasteiger partial charge on any atom is 0.223 e. The molecule has 0 spiro atoms. The van der Waals surface area contributed by atoms with Crippen molar-refractivity contribution in [2.75, 3.05) is 0 Å². The van der Waals surface area contributed by atoms with Crippen LogP contribution >= 0.6 is 0 Å². The highest BCUT2D eigenvalue weighted by molar-refractivity contribution is 5.83. The van der Waals surface area contributed by atoms with Crippen molar-refractivity contribution in [2.24, 2.45) is 23.0 Å². The van der Waals surface area contributed by atoms with Crippen LogP contribution in [0.1, 0.15) is 26.2 Å². The Bertz CT molecular complexity index is 186. The number of hydrogen-bond donors (Lipinski definition) is 1. The summed E-state index contributed by atoms with van der Waals surface area (Å²) in [6.45, 7) is 2.00. The Morgan fingerprint density at radius 3 is 2.50 bits per heavy atom. The largest absolute Gasteiger partial charge is 0.369 e. The van der Waals surface area contributed by atoms with Gasteiger partial charge in [0, 0.05) is 5.41 Å². The predicted octanol–water partition coefficient (Wildman–Crippen LogP) is 0.908. The van der Waals surface area contributed by atoms with Crippen molar-refractivity contribution in [3.05, 3.63) is 0 Å². The van der Waals surface area contributed by atoms with Gasteiger partial charge in [-0.3, -0.25) is 4.79 Å². The maximum absolute atomic E-state index is 10.8. The standard InChI is InChI=1S/C8H13NO/c1-8(7(9)10)4-6(8)5-2-3-5/h5-6H,2-4H2,1H3,(H2,9,10). The van der Waals surface area contributed by atoms with E-state index in [1.54, 1.807) is 0 Å². The second kappa shape index (κ2) is 1.55. The molecule has 56 valence electrons. The van der Waals surface area contributed by atoms with Gasteiger partial charge in [-0.2, -0.15) is 0 Å². The zero-order valence-corrected chi connectivity index (χ0v) is 6.26. The van der Waals surface area contributed by atoms with E-state index in [9.17, 15) is 4.79 Å². The van der Waals surface area contributed by atoms with Crippen LogP contribution in [0, 0.1) is 17.3 Å². The summed E-state index contributed by atoms with van der Waals surface area (Å²) in [6.07, 6.45) is 3.70. The summed E-state index contributed by atoms with van der Waals surface area (Å²) in [7, 11) is 0. The molecule has 0 aliphatic heterocycles. The Morgan fingerprint density at radius 2 is 2.20 bits per heavy atom. The van der Waals surface area contributed by atoms with E-state index >= 15 is 0 Å². The molecule has 0 aromatic rings. The Morgan fingerprint density at radius 1 is 1.60 bits per heavy atom. The van der Waals surface area contributed by atoms with Crippen LogP contribution in [0.4, 0.5) is 0 Å². The van der Waals surface area contributed by atoms with Gasteiger partial charge in [0.1, 0.15) is 0 Å². The van der Waals surface area contributed by atoms with E-state index in [2.05, 4.69) is 0 Å². The molecule has 2 aliphatic carbocycles. The molecule has 0 aromatic heterocycles. The van der Waals surface area contributed by atoms with Crippen LogP contribution in [-0.4, -0.2) is 5.91 Å². The third-order valence-corrected chi connectivity index (χ3v) is 3.06. The van der Waals surface area contributed by atoms with Crippen molar-refractivity contribution >= 4 is 5.91 Å². The summed E-state index contributed by atoms with van der Waals surface area (Å²) in [5.74, 6) is 1.40. The molecule has 0 saturated heterocycles. The van der Waals surface area contributed by atoms with Crippen LogP contribution in [0.3, 0.4) is 0 Å². The maximum atomic E-state index is 10.8. The van der Waals surface area contributed by atoms with E-state index in [4.69, 9.17) is 5.73 Å². The molecule has 2 fully saturated rings. The highest BCUT2D eigenvalue weighted by Crippen LogP contribution is 2.62. The van der Waals surface area contributed by atoms with Gasteiger partial charge >= 0.3 is 0 Å². The molecule has 1 amide bonds. The Labute approximate surface area is 60.8 Å². The predicted molar refractivity (Wildman–Crippen MR) is 38.1 cm³/mol. The molecule has 0 bridgehead atoms. The van der Waals surface area contributed by atoms with Gasteiger partial charge in [-0.1, -0.05) is 6.92 Å². The summed E-state index contributed by atoms with van der Waals surface area (Å²) in [4.78, 5) is 10.8. The van der Waals surface area contributed by atoms with Gasteiger partial charge in [0.05, 0.1) is 0 Å². The minimum atomic E-state index is -0.110. The zero-order valence-electron chi connectivity index (χ0n) is 6.26. The first-order valence-electron chi connectivity index (χ1n) is 3.94. The number of hydrogen-bond acceptors (Lipinski definition) is 1. The third kappa shape index (κ3) is 0.678. The molecule has 2 rings (SSSR count). The van der Waals surface area contributed by atoms with Gasteiger partial charge in [0.25, 0.3) is 0 Å². The van der Waals surface area contributed by atoms with E-state index in [0.717, 1.165) is 12.3 Å². The quantitative estimate of drug-likeness (QED) is 0.607. The smallest absolute Gasteiger partial charge is 0.223 e. The number of carbonyl (C=O) groups excluding carboxylic acids is 1. The molecule has 2 atom stereocenters. The molecule has 2 unspecified atom stereocenters. The van der Waals surface area contributed by atoms with Crippen molar-refractivity contribution in [1.29, 1.82) is 0 Å². The Balaban J connectivity index is 2.02. The molecule has 2 nitrogen and oxygen atoms in total. The molecule has 0 heterocycles. The van der Waals surface area contributed by atoms with Crippen molar-refractivity contribution in [1.82, 2.24) is 0 Å². The van der Waals surface area contributed by atoms with Gasteiger partial charge < -0.3 is 5.73 Å². The van der Waals surface area contributed by atoms with E-state index in [1.807, 2.05) is 6.92 Å². The lowest BCUT2D eigenvalue weighted by Gasteiger charge is -2.03. The molecular weight excluding hydrogens is 126 g/mol. The Kier molecular flexibility index (Phi) is 0.960. The monoisotopic (exact) mass is 139 g/mol. The average Bonchev–Trinajstić information content (AvgIpc) is 2.57. The number of carbonyl (C=O) groups is 1. The second-order valence-corrected chi connectivity index (χ2v) is 3.93. The molecule has 2 aliphatic rings. The average molecular weight is 139 g/mol. The number of rotatable bonds is 2. The topological polar surface area (TPSA) is 43.1 Å². The molecular formula is C8H13NO. The van der Waals surface area contributed by atoms with E-state index in [-0.39, 0.29) is 11.3 Å². The minimum Gasteiger partial charge on any atom is -0.369 e. The van der Waals surface area contributed by atoms with Gasteiger partial charge in [0.2, 0.25) is 5.91 Å². The number of nitrogens with two attached hydrogens (primary N) is 1. The SMILES string of the molecule is CC1(C(N)=O)CC1C1CC1. The van der Waals surface area contributed by atoms with Crippen molar-refractivity contribution in [3.63, 3.8) is 0 Å². The lowest BCUT2D eigenvalue weighted by atomic mass is 10.0. The normalized spacial score (nSPS) is 45.1. The molecule has 10 heavy (non-hydrogen) atoms. The number of amides is 1. The van der Waals surface area contributed by atoms with Gasteiger partial charge in [0.15, 0.2) is 0 Å². The van der Waals surface area contributed by atoms with Gasteiger partial charge in [-0.05, 0) is 31.1 Å². The van der Waals surface area contributed by atoms with Crippen LogP contribution in [0.15, 0.2) is 0 Å². The first-order chi connectivity index (χ1) is 4.64. The first-order valence-corrected chi connectivity index (χ1v) is 3.94. The van der Waals surface area contributed by atoms with Crippen LogP contribution in [0.5, 0.6) is 0 Å². The first kappa shape index (κ1) is 6.20. The molecule has 2 N–H and O–H groups in total. The van der Waals surface area contributed by atoms with Crippen LogP contribution in [0.25, 0.3) is 0 Å². The highest BCUT2D eigenvalue weighted by Gasteiger charge is 2.60. The fourth-order valence-electron chi connectivity index (χ4n) is 1.87. The van der Waals surface area contributed by atoms with Crippen molar-refractivity contribution in [2.45, 2.75) is 26.2 Å². The molecule has 2 heteroatoms. The second-order valence-electron chi connectivity index (χ2n) is 3.93. The summed E-state index contributed by atoms with van der Waals surface area (Å²) in [5.41, 5.74) is 5.14. The van der Waals surface area contributed by atoms with Crippen LogP contribution in [-0.2, 0) is 4.79 Å². The minimum absolute atomic E-state index is 0.0931. The highest BCUT2D eigenvalue weighted by atomic mass is 16.1. The van der Waals surface area contributed by atoms with Crippen molar-refractivity contribution in [3.8, 4) is 0 Å². The van der Waals surface area contributed by atoms with E-state index in [1.165, 1.54) is 12.8 Å². The van der Waals surface area contributed by atoms with Crippen molar-refractivity contribution < 1.29 is 4.79 Å². The van der Waals surface area contributed by atoms with Gasteiger partial charge in [-0.15, -0.1) is 0 Å². The third-order valence-electron chi connectivity index (χ3n) is 3.06. The molecule has 0 radical (unpaired) electrons. The fraction of sp³-hybridized carbons (Fsp3) is 0.875. The lowest BCUT2D eigenvalue weighted by Crippen LogP contribution is -2.23. The summed E-state index contributed by atoms with van der Waals surface area (Å²) < 4.78 is 0. The van der Waals surface area contributed by atoms with E-state index in [0.29, 0.717) is 5.92 Å². The fourth-order valence-corrected chi connectivity index (χ4v) is 1.87.